The summed E-state index contributed by atoms with van der Waals surface area (Å²) >= 11 is 0. The smallest absolute Gasteiger partial charge is 0.225 e. The molecule has 0 fully saturated rings. The second kappa shape index (κ2) is 9.67. The van der Waals surface area contributed by atoms with E-state index < -0.39 is 0 Å². The number of hydrogen-bond donors (Lipinski definition) is 1. The van der Waals surface area contributed by atoms with Crippen molar-refractivity contribution in [3.8, 4) is 0 Å². The molecule has 1 aromatic heterocycles. The van der Waals surface area contributed by atoms with Crippen molar-refractivity contribution in [1.29, 1.82) is 0 Å². The van der Waals surface area contributed by atoms with Gasteiger partial charge >= 0.3 is 0 Å². The van der Waals surface area contributed by atoms with Gasteiger partial charge in [0.25, 0.3) is 0 Å². The summed E-state index contributed by atoms with van der Waals surface area (Å²) in [5, 5.41) is 3.18. The molecule has 2 aromatic carbocycles. The van der Waals surface area contributed by atoms with Gasteiger partial charge in [0.05, 0.1) is 12.5 Å². The molecule has 1 N–H and O–H groups in total. The Morgan fingerprint density at radius 2 is 1.52 bits per heavy atom. The van der Waals surface area contributed by atoms with Gasteiger partial charge in [0.2, 0.25) is 5.91 Å². The number of benzene rings is 2. The molecule has 0 radical (unpaired) electrons. The van der Waals surface area contributed by atoms with Crippen LogP contribution in [0.2, 0.25) is 0 Å². The molecule has 0 saturated heterocycles. The fraction of sp³-hybridized carbons (Fsp3) is 0.250. The van der Waals surface area contributed by atoms with Crippen molar-refractivity contribution in [2.45, 2.75) is 38.6 Å². The van der Waals surface area contributed by atoms with Crippen LogP contribution in [0.25, 0.3) is 0 Å². The van der Waals surface area contributed by atoms with Crippen LogP contribution in [0, 0.1) is 0 Å². The van der Waals surface area contributed by atoms with E-state index >= 15 is 0 Å². The predicted octanol–water partition coefficient (Wildman–Crippen LogP) is 4.87. The van der Waals surface area contributed by atoms with Gasteiger partial charge in [-0.3, -0.25) is 9.78 Å². The van der Waals surface area contributed by atoms with Crippen LogP contribution < -0.4 is 5.32 Å². The minimum Gasteiger partial charge on any atom is -0.345 e. The number of aromatic nitrogens is 1. The molecule has 3 heteroatoms. The van der Waals surface area contributed by atoms with E-state index in [2.05, 4.69) is 41.5 Å². The molecule has 0 aliphatic heterocycles. The van der Waals surface area contributed by atoms with Gasteiger partial charge in [-0.05, 0) is 47.2 Å². The lowest BCUT2D eigenvalue weighted by molar-refractivity contribution is -0.120. The molecular formula is C24H26N2O. The number of rotatable bonds is 8. The standard InChI is InChI=1S/C24H26N2O/c1-2-3-7-19-10-12-20(13-11-19)18-23(27)26-24(21-8-5-4-6-9-21)22-14-16-25-17-15-22/h4-6,8-17,24H,2-3,7,18H2,1H3,(H,26,27). The van der Waals surface area contributed by atoms with Crippen molar-refractivity contribution < 1.29 is 4.79 Å². The van der Waals surface area contributed by atoms with Crippen molar-refractivity contribution in [3.63, 3.8) is 0 Å². The molecule has 1 atom stereocenters. The molecule has 1 amide bonds. The molecule has 1 heterocycles. The summed E-state index contributed by atoms with van der Waals surface area (Å²) in [4.78, 5) is 16.8. The number of hydrogen-bond acceptors (Lipinski definition) is 2. The fourth-order valence-electron chi connectivity index (χ4n) is 3.16. The highest BCUT2D eigenvalue weighted by atomic mass is 16.1. The minimum absolute atomic E-state index is 0.0157. The maximum absolute atomic E-state index is 12.7. The summed E-state index contributed by atoms with van der Waals surface area (Å²) in [5.41, 5.74) is 4.46. The molecule has 138 valence electrons. The number of nitrogens with zero attached hydrogens (tertiary/aromatic N) is 1. The van der Waals surface area contributed by atoms with Crippen molar-refractivity contribution in [3.05, 3.63) is 101 Å². The van der Waals surface area contributed by atoms with E-state index in [1.54, 1.807) is 12.4 Å². The first kappa shape index (κ1) is 18.8. The summed E-state index contributed by atoms with van der Waals surface area (Å²) < 4.78 is 0. The molecule has 27 heavy (non-hydrogen) atoms. The van der Waals surface area contributed by atoms with Crippen molar-refractivity contribution in [1.82, 2.24) is 10.3 Å². The number of unbranched alkanes of at least 4 members (excludes halogenated alkanes) is 1. The van der Waals surface area contributed by atoms with Crippen LogP contribution in [0.15, 0.2) is 79.1 Å². The molecule has 0 saturated carbocycles. The molecule has 0 spiro atoms. The van der Waals surface area contributed by atoms with E-state index in [1.165, 1.54) is 18.4 Å². The zero-order valence-corrected chi connectivity index (χ0v) is 15.8. The third-order valence-electron chi connectivity index (χ3n) is 4.68. The van der Waals surface area contributed by atoms with Crippen LogP contribution in [0.5, 0.6) is 0 Å². The molecule has 0 aliphatic carbocycles. The Morgan fingerprint density at radius 3 is 2.19 bits per heavy atom. The Balaban J connectivity index is 1.69. The molecule has 0 aliphatic rings. The number of aryl methyl sites for hydroxylation is 1. The van der Waals surface area contributed by atoms with E-state index in [0.717, 1.165) is 23.1 Å². The number of nitrogens with one attached hydrogen (secondary N) is 1. The first-order valence-electron chi connectivity index (χ1n) is 9.58. The second-order valence-electron chi connectivity index (χ2n) is 6.79. The SMILES string of the molecule is CCCCc1ccc(CC(=O)NC(c2ccccc2)c2ccncc2)cc1. The molecular weight excluding hydrogens is 332 g/mol. The van der Waals surface area contributed by atoms with Gasteiger partial charge in [-0.1, -0.05) is 67.9 Å². The quantitative estimate of drug-likeness (QED) is 0.624. The van der Waals surface area contributed by atoms with Gasteiger partial charge in [-0.15, -0.1) is 0 Å². The minimum atomic E-state index is -0.175. The first-order valence-corrected chi connectivity index (χ1v) is 9.58. The Hall–Kier alpha value is -2.94. The molecule has 1 unspecified atom stereocenters. The lowest BCUT2D eigenvalue weighted by atomic mass is 9.99. The summed E-state index contributed by atoms with van der Waals surface area (Å²) in [7, 11) is 0. The molecule has 3 aromatic rings. The summed E-state index contributed by atoms with van der Waals surface area (Å²) in [6.45, 7) is 2.20. The van der Waals surface area contributed by atoms with Gasteiger partial charge < -0.3 is 5.32 Å². The van der Waals surface area contributed by atoms with Crippen LogP contribution in [-0.2, 0) is 17.6 Å². The topological polar surface area (TPSA) is 42.0 Å². The number of carbonyl (C=O) groups excluding carboxylic acids is 1. The average molecular weight is 358 g/mol. The third kappa shape index (κ3) is 5.52. The number of amides is 1. The van der Waals surface area contributed by atoms with Crippen LogP contribution in [0.3, 0.4) is 0 Å². The molecule has 0 bridgehead atoms. The lowest BCUT2D eigenvalue weighted by Crippen LogP contribution is -2.30. The highest BCUT2D eigenvalue weighted by Crippen LogP contribution is 2.21. The maximum Gasteiger partial charge on any atom is 0.225 e. The van der Waals surface area contributed by atoms with Crippen LogP contribution in [-0.4, -0.2) is 10.9 Å². The van der Waals surface area contributed by atoms with E-state index in [4.69, 9.17) is 0 Å². The van der Waals surface area contributed by atoms with Gasteiger partial charge in [-0.25, -0.2) is 0 Å². The predicted molar refractivity (Wildman–Crippen MR) is 109 cm³/mol. The summed E-state index contributed by atoms with van der Waals surface area (Å²) in [5.74, 6) is 0.0157. The van der Waals surface area contributed by atoms with Gasteiger partial charge in [0.15, 0.2) is 0 Å². The van der Waals surface area contributed by atoms with Gasteiger partial charge in [0, 0.05) is 12.4 Å². The van der Waals surface area contributed by atoms with Crippen LogP contribution in [0.4, 0.5) is 0 Å². The summed E-state index contributed by atoms with van der Waals surface area (Å²) in [6, 6.07) is 22.1. The van der Waals surface area contributed by atoms with Crippen molar-refractivity contribution >= 4 is 5.91 Å². The van der Waals surface area contributed by atoms with Gasteiger partial charge in [0.1, 0.15) is 0 Å². The number of carbonyl (C=O) groups is 1. The monoisotopic (exact) mass is 358 g/mol. The van der Waals surface area contributed by atoms with Crippen LogP contribution >= 0.6 is 0 Å². The highest BCUT2D eigenvalue weighted by Gasteiger charge is 2.16. The Bertz CT molecular complexity index is 790. The lowest BCUT2D eigenvalue weighted by Gasteiger charge is -2.20. The average Bonchev–Trinajstić information content (AvgIpc) is 2.73. The van der Waals surface area contributed by atoms with Crippen molar-refractivity contribution in [2.75, 3.05) is 0 Å². The van der Waals surface area contributed by atoms with Crippen molar-refractivity contribution in [2.24, 2.45) is 0 Å². The Labute approximate surface area is 161 Å². The Morgan fingerprint density at radius 1 is 0.889 bits per heavy atom. The second-order valence-corrected chi connectivity index (χ2v) is 6.79. The zero-order valence-electron chi connectivity index (χ0n) is 15.8. The first-order chi connectivity index (χ1) is 13.3. The molecule has 3 nitrogen and oxygen atoms in total. The van der Waals surface area contributed by atoms with E-state index in [9.17, 15) is 4.79 Å². The van der Waals surface area contributed by atoms with E-state index in [-0.39, 0.29) is 11.9 Å². The largest absolute Gasteiger partial charge is 0.345 e. The van der Waals surface area contributed by atoms with E-state index in [1.807, 2.05) is 42.5 Å². The molecule has 3 rings (SSSR count). The van der Waals surface area contributed by atoms with Crippen LogP contribution in [0.1, 0.15) is 48.1 Å². The Kier molecular flexibility index (Phi) is 6.75. The van der Waals surface area contributed by atoms with E-state index in [0.29, 0.717) is 6.42 Å². The third-order valence-corrected chi connectivity index (χ3v) is 4.68. The normalized spacial score (nSPS) is 11.7. The maximum atomic E-state index is 12.7. The zero-order chi connectivity index (χ0) is 18.9. The van der Waals surface area contributed by atoms with Gasteiger partial charge in [-0.2, -0.15) is 0 Å². The summed E-state index contributed by atoms with van der Waals surface area (Å²) in [6.07, 6.45) is 7.38. The highest BCUT2D eigenvalue weighted by molar-refractivity contribution is 5.79. The number of pyridine rings is 1. The fourth-order valence-corrected chi connectivity index (χ4v) is 3.16.